The molecule has 1 aromatic heterocycles. The first-order chi connectivity index (χ1) is 13.0. The van der Waals surface area contributed by atoms with Gasteiger partial charge in [0.05, 0.1) is 6.04 Å². The predicted octanol–water partition coefficient (Wildman–Crippen LogP) is 4.21. The van der Waals surface area contributed by atoms with E-state index < -0.39 is 29.5 Å². The molecule has 0 saturated heterocycles. The molecule has 0 fully saturated rings. The number of amides is 2. The molecule has 0 spiro atoms. The summed E-state index contributed by atoms with van der Waals surface area (Å²) in [5, 5.41) is 4.57. The maximum atomic E-state index is 14.0. The maximum absolute atomic E-state index is 14.0. The second kappa shape index (κ2) is 6.92. The summed E-state index contributed by atoms with van der Waals surface area (Å²) in [6, 6.07) is 12.3. The van der Waals surface area contributed by atoms with Crippen LogP contribution in [0.4, 0.5) is 14.5 Å². The Labute approximate surface area is 158 Å². The fourth-order valence-electron chi connectivity index (χ4n) is 3.21. The molecular formula is C20H14F2N2O2S. The van der Waals surface area contributed by atoms with Crippen LogP contribution in [-0.2, 0) is 4.79 Å². The van der Waals surface area contributed by atoms with E-state index in [-0.39, 0.29) is 12.1 Å². The lowest BCUT2D eigenvalue weighted by molar-refractivity contribution is -0.117. The van der Waals surface area contributed by atoms with E-state index in [2.05, 4.69) is 5.32 Å². The van der Waals surface area contributed by atoms with Crippen molar-refractivity contribution < 1.29 is 18.4 Å². The standard InChI is InChI=1S/C20H14F2N2O2S/c21-13-4-1-3-12(9-13)20(26)24-11-18(25)23-16-7-6-14(22)10-15(16)19(24)17-5-2-8-27-17/h1-10,19H,11H2,(H,23,25). The molecule has 0 radical (unpaired) electrons. The molecule has 0 saturated carbocycles. The van der Waals surface area contributed by atoms with Crippen LogP contribution >= 0.6 is 11.3 Å². The number of carbonyl (C=O) groups is 2. The Morgan fingerprint density at radius 2 is 1.89 bits per heavy atom. The lowest BCUT2D eigenvalue weighted by Gasteiger charge is -2.29. The van der Waals surface area contributed by atoms with E-state index in [4.69, 9.17) is 0 Å². The normalized spacial score (nSPS) is 16.4. The van der Waals surface area contributed by atoms with Crippen LogP contribution in [0.1, 0.15) is 26.8 Å². The number of anilines is 1. The monoisotopic (exact) mass is 384 g/mol. The molecule has 2 amide bonds. The minimum Gasteiger partial charge on any atom is -0.324 e. The van der Waals surface area contributed by atoms with Crippen LogP contribution in [0, 0.1) is 11.6 Å². The number of nitrogens with zero attached hydrogens (tertiary/aromatic N) is 1. The molecule has 1 aliphatic rings. The van der Waals surface area contributed by atoms with Gasteiger partial charge in [-0.3, -0.25) is 9.59 Å². The molecule has 2 aromatic carbocycles. The van der Waals surface area contributed by atoms with Crippen molar-refractivity contribution >= 4 is 28.8 Å². The van der Waals surface area contributed by atoms with Gasteiger partial charge in [0, 0.05) is 21.7 Å². The van der Waals surface area contributed by atoms with Crippen LogP contribution in [-0.4, -0.2) is 23.3 Å². The lowest BCUT2D eigenvalue weighted by Crippen LogP contribution is -2.38. The molecule has 7 heteroatoms. The third-order valence-electron chi connectivity index (χ3n) is 4.35. The maximum Gasteiger partial charge on any atom is 0.255 e. The summed E-state index contributed by atoms with van der Waals surface area (Å²) in [5.41, 5.74) is 1.06. The zero-order valence-electron chi connectivity index (χ0n) is 14.0. The van der Waals surface area contributed by atoms with Gasteiger partial charge in [0.2, 0.25) is 5.91 Å². The van der Waals surface area contributed by atoms with Gasteiger partial charge in [-0.15, -0.1) is 11.3 Å². The zero-order chi connectivity index (χ0) is 19.0. The van der Waals surface area contributed by atoms with E-state index in [0.717, 1.165) is 10.9 Å². The summed E-state index contributed by atoms with van der Waals surface area (Å²) in [7, 11) is 0. The van der Waals surface area contributed by atoms with Gasteiger partial charge in [-0.2, -0.15) is 0 Å². The van der Waals surface area contributed by atoms with Crippen molar-refractivity contribution in [1.29, 1.82) is 0 Å². The smallest absolute Gasteiger partial charge is 0.255 e. The number of halogens is 2. The van der Waals surface area contributed by atoms with Gasteiger partial charge in [0.1, 0.15) is 18.2 Å². The van der Waals surface area contributed by atoms with E-state index in [9.17, 15) is 18.4 Å². The fourth-order valence-corrected chi connectivity index (χ4v) is 4.06. The van der Waals surface area contributed by atoms with Crippen molar-refractivity contribution in [2.45, 2.75) is 6.04 Å². The molecule has 1 unspecified atom stereocenters. The Bertz CT molecular complexity index is 1020. The Morgan fingerprint density at radius 1 is 1.07 bits per heavy atom. The predicted molar refractivity (Wildman–Crippen MR) is 98.6 cm³/mol. The van der Waals surface area contributed by atoms with E-state index in [1.807, 2.05) is 17.5 Å². The van der Waals surface area contributed by atoms with E-state index in [1.54, 1.807) is 0 Å². The number of hydrogen-bond acceptors (Lipinski definition) is 3. The lowest BCUT2D eigenvalue weighted by atomic mass is 10.0. The second-order valence-electron chi connectivity index (χ2n) is 6.14. The molecule has 1 aliphatic heterocycles. The molecule has 136 valence electrons. The number of carbonyl (C=O) groups excluding carboxylic acids is 2. The van der Waals surface area contributed by atoms with Crippen molar-refractivity contribution in [2.24, 2.45) is 0 Å². The summed E-state index contributed by atoms with van der Waals surface area (Å²) in [6.45, 7) is -0.228. The Balaban J connectivity index is 1.88. The number of nitrogens with one attached hydrogen (secondary N) is 1. The summed E-state index contributed by atoms with van der Waals surface area (Å²) in [5.74, 6) is -1.91. The molecule has 0 bridgehead atoms. The Hall–Kier alpha value is -3.06. The highest BCUT2D eigenvalue weighted by atomic mass is 32.1. The van der Waals surface area contributed by atoms with Crippen molar-refractivity contribution in [2.75, 3.05) is 11.9 Å². The molecule has 3 aromatic rings. The molecule has 4 nitrogen and oxygen atoms in total. The van der Waals surface area contributed by atoms with Gasteiger partial charge in [-0.05, 0) is 47.8 Å². The average Bonchev–Trinajstić information content (AvgIpc) is 3.12. The van der Waals surface area contributed by atoms with Crippen LogP contribution in [0.15, 0.2) is 60.0 Å². The minimum atomic E-state index is -0.662. The first-order valence-corrected chi connectivity index (χ1v) is 9.10. The number of benzene rings is 2. The summed E-state index contributed by atoms with van der Waals surface area (Å²) in [4.78, 5) is 27.7. The second-order valence-corrected chi connectivity index (χ2v) is 7.12. The van der Waals surface area contributed by atoms with Crippen LogP contribution in [0.5, 0.6) is 0 Å². The van der Waals surface area contributed by atoms with Gasteiger partial charge in [-0.25, -0.2) is 8.78 Å². The van der Waals surface area contributed by atoms with Gasteiger partial charge in [-0.1, -0.05) is 12.1 Å². The highest BCUT2D eigenvalue weighted by Gasteiger charge is 2.34. The van der Waals surface area contributed by atoms with E-state index in [0.29, 0.717) is 11.3 Å². The molecule has 27 heavy (non-hydrogen) atoms. The summed E-state index contributed by atoms with van der Waals surface area (Å²) in [6.07, 6.45) is 0. The summed E-state index contributed by atoms with van der Waals surface area (Å²) >= 11 is 1.40. The van der Waals surface area contributed by atoms with Crippen LogP contribution < -0.4 is 5.32 Å². The van der Waals surface area contributed by atoms with Crippen molar-refractivity contribution in [3.63, 3.8) is 0 Å². The first-order valence-electron chi connectivity index (χ1n) is 8.22. The Kier molecular flexibility index (Phi) is 4.45. The highest BCUT2D eigenvalue weighted by Crippen LogP contribution is 2.38. The van der Waals surface area contributed by atoms with Crippen LogP contribution in [0.3, 0.4) is 0 Å². The minimum absolute atomic E-state index is 0.129. The highest BCUT2D eigenvalue weighted by molar-refractivity contribution is 7.10. The molecule has 4 rings (SSSR count). The van der Waals surface area contributed by atoms with Gasteiger partial charge >= 0.3 is 0 Å². The van der Waals surface area contributed by atoms with E-state index in [1.165, 1.54) is 52.6 Å². The molecule has 0 aliphatic carbocycles. The fraction of sp³-hybridized carbons (Fsp3) is 0.100. The summed E-state index contributed by atoms with van der Waals surface area (Å²) < 4.78 is 27.6. The quantitative estimate of drug-likeness (QED) is 0.720. The third-order valence-corrected chi connectivity index (χ3v) is 5.28. The first kappa shape index (κ1) is 17.4. The largest absolute Gasteiger partial charge is 0.324 e. The van der Waals surface area contributed by atoms with Crippen molar-refractivity contribution in [3.05, 3.63) is 87.6 Å². The number of hydrogen-bond donors (Lipinski definition) is 1. The van der Waals surface area contributed by atoms with Crippen LogP contribution in [0.2, 0.25) is 0 Å². The molecular weight excluding hydrogens is 370 g/mol. The van der Waals surface area contributed by atoms with Crippen LogP contribution in [0.25, 0.3) is 0 Å². The Morgan fingerprint density at radius 3 is 2.63 bits per heavy atom. The van der Waals surface area contributed by atoms with E-state index >= 15 is 0 Å². The van der Waals surface area contributed by atoms with Crippen molar-refractivity contribution in [3.8, 4) is 0 Å². The molecule has 1 N–H and O–H groups in total. The molecule has 2 heterocycles. The number of thiophene rings is 1. The zero-order valence-corrected chi connectivity index (χ0v) is 14.8. The number of fused-ring (bicyclic) bond motifs is 1. The third kappa shape index (κ3) is 3.33. The number of rotatable bonds is 2. The SMILES string of the molecule is O=C1CN(C(=O)c2cccc(F)c2)C(c2cccs2)c2cc(F)ccc2N1. The van der Waals surface area contributed by atoms with Gasteiger partial charge in [0.25, 0.3) is 5.91 Å². The topological polar surface area (TPSA) is 49.4 Å². The van der Waals surface area contributed by atoms with Gasteiger partial charge in [0.15, 0.2) is 0 Å². The average molecular weight is 384 g/mol. The molecule has 1 atom stereocenters. The van der Waals surface area contributed by atoms with Crippen molar-refractivity contribution in [1.82, 2.24) is 4.90 Å². The van der Waals surface area contributed by atoms with Gasteiger partial charge < -0.3 is 10.2 Å².